The van der Waals surface area contributed by atoms with Crippen LogP contribution in [0.3, 0.4) is 0 Å². The zero-order valence-corrected chi connectivity index (χ0v) is 6.82. The van der Waals surface area contributed by atoms with Crippen molar-refractivity contribution < 1.29 is 4.74 Å². The lowest BCUT2D eigenvalue weighted by Crippen LogP contribution is -2.02. The van der Waals surface area contributed by atoms with E-state index in [2.05, 4.69) is 9.97 Å². The smallest absolute Gasteiger partial charge is 0.115 e. The third kappa shape index (κ3) is 3.09. The second-order valence-corrected chi connectivity index (χ2v) is 2.61. The van der Waals surface area contributed by atoms with Crippen molar-refractivity contribution >= 4 is 0 Å². The van der Waals surface area contributed by atoms with Gasteiger partial charge in [0.25, 0.3) is 0 Å². The van der Waals surface area contributed by atoms with E-state index < -0.39 is 0 Å². The van der Waals surface area contributed by atoms with Gasteiger partial charge in [0.2, 0.25) is 0 Å². The van der Waals surface area contributed by atoms with Gasteiger partial charge in [0.15, 0.2) is 0 Å². The van der Waals surface area contributed by atoms with Crippen LogP contribution >= 0.6 is 0 Å². The predicted molar refractivity (Wildman–Crippen MR) is 42.0 cm³/mol. The molecule has 3 nitrogen and oxygen atoms in total. The molecule has 0 radical (unpaired) electrons. The van der Waals surface area contributed by atoms with Crippen molar-refractivity contribution in [1.82, 2.24) is 9.97 Å². The maximum absolute atomic E-state index is 5.35. The predicted octanol–water partition coefficient (Wildman–Crippen LogP) is 1.40. The summed E-state index contributed by atoms with van der Waals surface area (Å²) in [7, 11) is 0. The molecule has 0 saturated carbocycles. The number of aromatic nitrogens is 2. The molecule has 0 amide bonds. The highest BCUT2D eigenvalue weighted by molar-refractivity contribution is 4.99. The van der Waals surface area contributed by atoms with Crippen LogP contribution in [0.25, 0.3) is 0 Å². The summed E-state index contributed by atoms with van der Waals surface area (Å²) in [5, 5.41) is 0. The number of nitrogens with zero attached hydrogens (tertiary/aromatic N) is 2. The van der Waals surface area contributed by atoms with E-state index in [4.69, 9.17) is 4.74 Å². The Balaban J connectivity index is 2.39. The molecule has 11 heavy (non-hydrogen) atoms. The molecular weight excluding hydrogens is 140 g/mol. The van der Waals surface area contributed by atoms with Gasteiger partial charge in [-0.2, -0.15) is 0 Å². The van der Waals surface area contributed by atoms with Crippen LogP contribution in [-0.4, -0.2) is 16.1 Å². The molecule has 0 aromatic carbocycles. The van der Waals surface area contributed by atoms with E-state index in [1.165, 1.54) is 6.33 Å². The van der Waals surface area contributed by atoms with Gasteiger partial charge in [-0.05, 0) is 13.8 Å². The molecular formula is C8H12N2O. The molecule has 0 unspecified atom stereocenters. The van der Waals surface area contributed by atoms with Crippen molar-refractivity contribution in [2.45, 2.75) is 26.6 Å². The first-order chi connectivity index (χ1) is 5.29. The minimum atomic E-state index is 0.259. The molecule has 0 aliphatic carbocycles. The van der Waals surface area contributed by atoms with Crippen LogP contribution in [0.5, 0.6) is 0 Å². The van der Waals surface area contributed by atoms with Crippen LogP contribution in [0.4, 0.5) is 0 Å². The van der Waals surface area contributed by atoms with E-state index >= 15 is 0 Å². The van der Waals surface area contributed by atoms with Gasteiger partial charge in [0.1, 0.15) is 6.33 Å². The lowest BCUT2D eigenvalue weighted by atomic mass is 10.4. The summed E-state index contributed by atoms with van der Waals surface area (Å²) in [5.41, 5.74) is 1.02. The van der Waals surface area contributed by atoms with Gasteiger partial charge in [-0.3, -0.25) is 0 Å². The summed E-state index contributed by atoms with van der Waals surface area (Å²) < 4.78 is 5.35. The second-order valence-electron chi connectivity index (χ2n) is 2.61. The summed E-state index contributed by atoms with van der Waals surface area (Å²) in [4.78, 5) is 7.74. The topological polar surface area (TPSA) is 35.0 Å². The highest BCUT2D eigenvalue weighted by Crippen LogP contribution is 1.98. The Kier molecular flexibility index (Phi) is 2.98. The number of hydrogen-bond acceptors (Lipinski definition) is 3. The average Bonchev–Trinajstić information content (AvgIpc) is 2.03. The lowest BCUT2D eigenvalue weighted by molar-refractivity contribution is 0.0653. The molecule has 1 rings (SSSR count). The summed E-state index contributed by atoms with van der Waals surface area (Å²) in [5.74, 6) is 0. The van der Waals surface area contributed by atoms with Gasteiger partial charge in [0, 0.05) is 18.0 Å². The number of ether oxygens (including phenoxy) is 1. The summed E-state index contributed by atoms with van der Waals surface area (Å²) in [6, 6.07) is 0. The van der Waals surface area contributed by atoms with Crippen molar-refractivity contribution in [1.29, 1.82) is 0 Å². The van der Waals surface area contributed by atoms with Crippen LogP contribution in [0, 0.1) is 0 Å². The van der Waals surface area contributed by atoms with Crippen molar-refractivity contribution in [3.63, 3.8) is 0 Å². The van der Waals surface area contributed by atoms with E-state index in [0.29, 0.717) is 6.61 Å². The standard InChI is InChI=1S/C8H12N2O/c1-7(2)11-5-8-3-9-6-10-4-8/h3-4,6-7H,5H2,1-2H3. The molecule has 0 N–H and O–H groups in total. The monoisotopic (exact) mass is 152 g/mol. The Hall–Kier alpha value is -0.960. The molecule has 0 saturated heterocycles. The van der Waals surface area contributed by atoms with E-state index in [-0.39, 0.29) is 6.10 Å². The number of rotatable bonds is 3. The first kappa shape index (κ1) is 8.14. The highest BCUT2D eigenvalue weighted by Gasteiger charge is 1.94. The van der Waals surface area contributed by atoms with Crippen LogP contribution in [0.15, 0.2) is 18.7 Å². The molecule has 0 fully saturated rings. The van der Waals surface area contributed by atoms with Crippen molar-refractivity contribution in [3.8, 4) is 0 Å². The van der Waals surface area contributed by atoms with E-state index in [0.717, 1.165) is 5.56 Å². The quantitative estimate of drug-likeness (QED) is 0.656. The fraction of sp³-hybridized carbons (Fsp3) is 0.500. The van der Waals surface area contributed by atoms with Crippen molar-refractivity contribution in [3.05, 3.63) is 24.3 Å². The van der Waals surface area contributed by atoms with Crippen LogP contribution < -0.4 is 0 Å². The number of hydrogen-bond donors (Lipinski definition) is 0. The van der Waals surface area contributed by atoms with Crippen LogP contribution in [-0.2, 0) is 11.3 Å². The molecule has 0 spiro atoms. The molecule has 1 aromatic heterocycles. The third-order valence-corrected chi connectivity index (χ3v) is 1.20. The van der Waals surface area contributed by atoms with Gasteiger partial charge in [-0.1, -0.05) is 0 Å². The van der Waals surface area contributed by atoms with Crippen LogP contribution in [0.2, 0.25) is 0 Å². The second kappa shape index (κ2) is 4.03. The molecule has 1 heterocycles. The Labute approximate surface area is 66.4 Å². The van der Waals surface area contributed by atoms with Gasteiger partial charge < -0.3 is 4.74 Å². The molecule has 60 valence electrons. The minimum absolute atomic E-state index is 0.259. The Morgan fingerprint density at radius 1 is 1.36 bits per heavy atom. The average molecular weight is 152 g/mol. The summed E-state index contributed by atoms with van der Waals surface area (Å²) in [6.45, 7) is 4.60. The fourth-order valence-electron chi connectivity index (χ4n) is 0.667. The first-order valence-electron chi connectivity index (χ1n) is 3.64. The van der Waals surface area contributed by atoms with Crippen LogP contribution in [0.1, 0.15) is 19.4 Å². The van der Waals surface area contributed by atoms with Crippen molar-refractivity contribution in [2.24, 2.45) is 0 Å². The highest BCUT2D eigenvalue weighted by atomic mass is 16.5. The van der Waals surface area contributed by atoms with Gasteiger partial charge in [0.05, 0.1) is 12.7 Å². The van der Waals surface area contributed by atoms with Gasteiger partial charge >= 0.3 is 0 Å². The molecule has 0 aliphatic heterocycles. The van der Waals surface area contributed by atoms with E-state index in [1.807, 2.05) is 13.8 Å². The normalized spacial score (nSPS) is 10.5. The molecule has 1 aromatic rings. The molecule has 3 heteroatoms. The summed E-state index contributed by atoms with van der Waals surface area (Å²) >= 11 is 0. The molecule has 0 aliphatic rings. The Morgan fingerprint density at radius 3 is 2.55 bits per heavy atom. The Bertz CT molecular complexity index is 199. The minimum Gasteiger partial charge on any atom is -0.374 e. The third-order valence-electron chi connectivity index (χ3n) is 1.20. The maximum atomic E-state index is 5.35. The van der Waals surface area contributed by atoms with Gasteiger partial charge in [-0.25, -0.2) is 9.97 Å². The molecule has 0 bridgehead atoms. The maximum Gasteiger partial charge on any atom is 0.115 e. The summed E-state index contributed by atoms with van der Waals surface area (Å²) in [6.07, 6.45) is 5.29. The SMILES string of the molecule is CC(C)OCc1cncnc1. The lowest BCUT2D eigenvalue weighted by Gasteiger charge is -2.05. The zero-order valence-electron chi connectivity index (χ0n) is 6.82. The zero-order chi connectivity index (χ0) is 8.10. The largest absolute Gasteiger partial charge is 0.374 e. The van der Waals surface area contributed by atoms with E-state index in [1.54, 1.807) is 12.4 Å². The van der Waals surface area contributed by atoms with E-state index in [9.17, 15) is 0 Å². The Morgan fingerprint density at radius 2 is 2.00 bits per heavy atom. The van der Waals surface area contributed by atoms with Gasteiger partial charge in [-0.15, -0.1) is 0 Å². The fourth-order valence-corrected chi connectivity index (χ4v) is 0.667. The van der Waals surface area contributed by atoms with Crippen molar-refractivity contribution in [2.75, 3.05) is 0 Å². The molecule has 0 atom stereocenters. The first-order valence-corrected chi connectivity index (χ1v) is 3.64.